The van der Waals surface area contributed by atoms with Crippen LogP contribution >= 0.6 is 0 Å². The average Bonchev–Trinajstić information content (AvgIpc) is 2.67. The minimum absolute atomic E-state index is 0.451. The highest BCUT2D eigenvalue weighted by atomic mass is 16.5. The van der Waals surface area contributed by atoms with Gasteiger partial charge in [-0.25, -0.2) is 4.98 Å². The fourth-order valence-electron chi connectivity index (χ4n) is 2.57. The molecular formula is C20H22N4O3. The monoisotopic (exact) mass is 366 g/mol. The number of methoxy groups -OCH3 is 3. The average molecular weight is 366 g/mol. The van der Waals surface area contributed by atoms with Gasteiger partial charge >= 0.3 is 0 Å². The first kappa shape index (κ1) is 18.3. The van der Waals surface area contributed by atoms with Gasteiger partial charge in [-0.15, -0.1) is 0 Å². The Hall–Kier alpha value is -3.48. The van der Waals surface area contributed by atoms with Gasteiger partial charge in [0.05, 0.1) is 27.0 Å². The summed E-state index contributed by atoms with van der Waals surface area (Å²) >= 11 is 0. The molecule has 0 spiro atoms. The molecule has 0 aliphatic carbocycles. The molecule has 3 rings (SSSR count). The maximum Gasteiger partial charge on any atom is 0.229 e. The first-order chi connectivity index (χ1) is 13.1. The van der Waals surface area contributed by atoms with Crippen molar-refractivity contribution in [3.8, 4) is 17.2 Å². The summed E-state index contributed by atoms with van der Waals surface area (Å²) in [6.07, 6.45) is 0. The van der Waals surface area contributed by atoms with Gasteiger partial charge in [-0.3, -0.25) is 0 Å². The maximum atomic E-state index is 5.40. The van der Waals surface area contributed by atoms with E-state index in [1.807, 2.05) is 55.5 Å². The van der Waals surface area contributed by atoms with Gasteiger partial charge in [0.1, 0.15) is 23.1 Å². The van der Waals surface area contributed by atoms with Gasteiger partial charge < -0.3 is 24.8 Å². The lowest BCUT2D eigenvalue weighted by Crippen LogP contribution is -2.03. The van der Waals surface area contributed by atoms with Gasteiger partial charge in [0.25, 0.3) is 0 Å². The fraction of sp³-hybridized carbons (Fsp3) is 0.200. The van der Waals surface area contributed by atoms with Crippen molar-refractivity contribution >= 4 is 23.1 Å². The zero-order valence-electron chi connectivity index (χ0n) is 15.7. The molecule has 0 radical (unpaired) electrons. The molecule has 2 N–H and O–H groups in total. The fourth-order valence-corrected chi connectivity index (χ4v) is 2.57. The van der Waals surface area contributed by atoms with E-state index in [9.17, 15) is 0 Å². The number of nitrogens with zero attached hydrogens (tertiary/aromatic N) is 2. The Morgan fingerprint density at radius 1 is 0.778 bits per heavy atom. The van der Waals surface area contributed by atoms with Gasteiger partial charge in [-0.2, -0.15) is 4.98 Å². The van der Waals surface area contributed by atoms with E-state index in [2.05, 4.69) is 20.6 Å². The molecule has 27 heavy (non-hydrogen) atoms. The van der Waals surface area contributed by atoms with Crippen molar-refractivity contribution in [2.24, 2.45) is 0 Å². The van der Waals surface area contributed by atoms with Crippen molar-refractivity contribution in [1.82, 2.24) is 9.97 Å². The first-order valence-electron chi connectivity index (χ1n) is 8.37. The second-order valence-corrected chi connectivity index (χ2v) is 5.77. The van der Waals surface area contributed by atoms with Crippen LogP contribution in [0.3, 0.4) is 0 Å². The van der Waals surface area contributed by atoms with Gasteiger partial charge in [-0.1, -0.05) is 6.07 Å². The standard InChI is InChI=1S/C20H22N4O3/c1-13-10-19(22-14-6-5-7-15(11-14)25-2)24-20(21-13)23-17-12-16(26-3)8-9-18(17)27-4/h5-12H,1-4H3,(H2,21,22,23,24). The minimum Gasteiger partial charge on any atom is -0.497 e. The molecule has 2 aromatic carbocycles. The summed E-state index contributed by atoms with van der Waals surface area (Å²) in [6, 6.07) is 15.0. The normalized spacial score (nSPS) is 10.2. The van der Waals surface area contributed by atoms with E-state index in [-0.39, 0.29) is 0 Å². The molecule has 1 aromatic heterocycles. The smallest absolute Gasteiger partial charge is 0.229 e. The first-order valence-corrected chi connectivity index (χ1v) is 8.37. The number of aryl methyl sites for hydroxylation is 1. The van der Waals surface area contributed by atoms with E-state index >= 15 is 0 Å². The van der Waals surface area contributed by atoms with Gasteiger partial charge in [-0.05, 0) is 31.2 Å². The Kier molecular flexibility index (Phi) is 5.61. The summed E-state index contributed by atoms with van der Waals surface area (Å²) < 4.78 is 15.9. The SMILES string of the molecule is COc1cccc(Nc2cc(C)nc(Nc3cc(OC)ccc3OC)n2)c1. The highest BCUT2D eigenvalue weighted by Gasteiger charge is 2.09. The molecule has 0 unspecified atom stereocenters. The summed E-state index contributed by atoms with van der Waals surface area (Å²) in [5.41, 5.74) is 2.41. The third kappa shape index (κ3) is 4.58. The van der Waals surface area contributed by atoms with Crippen LogP contribution in [0.15, 0.2) is 48.5 Å². The van der Waals surface area contributed by atoms with Crippen molar-refractivity contribution < 1.29 is 14.2 Å². The van der Waals surface area contributed by atoms with E-state index in [1.165, 1.54) is 0 Å². The summed E-state index contributed by atoms with van der Waals surface area (Å²) in [6.45, 7) is 1.91. The molecule has 140 valence electrons. The van der Waals surface area contributed by atoms with Crippen LogP contribution in [-0.2, 0) is 0 Å². The summed E-state index contributed by atoms with van der Waals surface area (Å²) in [7, 11) is 4.86. The van der Waals surface area contributed by atoms with Crippen molar-refractivity contribution in [3.05, 3.63) is 54.2 Å². The van der Waals surface area contributed by atoms with Crippen LogP contribution in [0.5, 0.6) is 17.2 Å². The van der Waals surface area contributed by atoms with E-state index < -0.39 is 0 Å². The molecule has 0 atom stereocenters. The van der Waals surface area contributed by atoms with Crippen LogP contribution < -0.4 is 24.8 Å². The lowest BCUT2D eigenvalue weighted by Gasteiger charge is -2.13. The van der Waals surface area contributed by atoms with Crippen LogP contribution in [-0.4, -0.2) is 31.3 Å². The van der Waals surface area contributed by atoms with Crippen LogP contribution in [0.2, 0.25) is 0 Å². The van der Waals surface area contributed by atoms with Crippen LogP contribution in [0.1, 0.15) is 5.69 Å². The molecule has 7 nitrogen and oxygen atoms in total. The third-order valence-corrected chi connectivity index (χ3v) is 3.85. The Morgan fingerprint density at radius 2 is 1.56 bits per heavy atom. The molecule has 0 fully saturated rings. The second kappa shape index (κ2) is 8.27. The van der Waals surface area contributed by atoms with Gasteiger partial charge in [0, 0.05) is 29.6 Å². The number of hydrogen-bond acceptors (Lipinski definition) is 7. The Balaban J connectivity index is 1.87. The van der Waals surface area contributed by atoms with Gasteiger partial charge in [0.2, 0.25) is 5.95 Å². The number of nitrogens with one attached hydrogen (secondary N) is 2. The number of aromatic nitrogens is 2. The quantitative estimate of drug-likeness (QED) is 0.645. The van der Waals surface area contributed by atoms with E-state index in [0.717, 1.165) is 22.8 Å². The topological polar surface area (TPSA) is 77.5 Å². The lowest BCUT2D eigenvalue weighted by molar-refractivity contribution is 0.405. The highest BCUT2D eigenvalue weighted by Crippen LogP contribution is 2.31. The Morgan fingerprint density at radius 3 is 2.30 bits per heavy atom. The largest absolute Gasteiger partial charge is 0.497 e. The van der Waals surface area contributed by atoms with Crippen molar-refractivity contribution in [3.63, 3.8) is 0 Å². The zero-order chi connectivity index (χ0) is 19.2. The number of ether oxygens (including phenoxy) is 3. The minimum atomic E-state index is 0.451. The molecule has 0 aliphatic rings. The number of benzene rings is 2. The molecule has 0 saturated carbocycles. The molecule has 1 heterocycles. The number of hydrogen-bond donors (Lipinski definition) is 2. The van der Waals surface area contributed by atoms with Gasteiger partial charge in [0.15, 0.2) is 0 Å². The van der Waals surface area contributed by atoms with Crippen molar-refractivity contribution in [2.45, 2.75) is 6.92 Å². The Labute approximate surface area is 158 Å². The number of rotatable bonds is 7. The lowest BCUT2D eigenvalue weighted by atomic mass is 10.2. The van der Waals surface area contributed by atoms with Crippen molar-refractivity contribution in [1.29, 1.82) is 0 Å². The Bertz CT molecular complexity index is 931. The molecule has 7 heteroatoms. The predicted octanol–water partition coefficient (Wildman–Crippen LogP) is 4.30. The predicted molar refractivity (Wildman–Crippen MR) is 106 cm³/mol. The third-order valence-electron chi connectivity index (χ3n) is 3.85. The van der Waals surface area contributed by atoms with E-state index in [4.69, 9.17) is 14.2 Å². The van der Waals surface area contributed by atoms with Crippen molar-refractivity contribution in [2.75, 3.05) is 32.0 Å². The molecule has 0 bridgehead atoms. The highest BCUT2D eigenvalue weighted by molar-refractivity contribution is 5.66. The van der Waals surface area contributed by atoms with E-state index in [1.54, 1.807) is 21.3 Å². The summed E-state index contributed by atoms with van der Waals surface area (Å²) in [5.74, 6) is 3.27. The molecule has 0 amide bonds. The summed E-state index contributed by atoms with van der Waals surface area (Å²) in [4.78, 5) is 8.99. The zero-order valence-corrected chi connectivity index (χ0v) is 15.7. The molecule has 0 saturated heterocycles. The van der Waals surface area contributed by atoms with E-state index in [0.29, 0.717) is 23.3 Å². The summed E-state index contributed by atoms with van der Waals surface area (Å²) in [5, 5.41) is 6.47. The molecular weight excluding hydrogens is 344 g/mol. The van der Waals surface area contributed by atoms with Crippen LogP contribution in [0.4, 0.5) is 23.1 Å². The molecule has 3 aromatic rings. The van der Waals surface area contributed by atoms with Crippen LogP contribution in [0, 0.1) is 6.92 Å². The second-order valence-electron chi connectivity index (χ2n) is 5.77. The maximum absolute atomic E-state index is 5.40. The molecule has 0 aliphatic heterocycles. The van der Waals surface area contributed by atoms with Crippen LogP contribution in [0.25, 0.3) is 0 Å². The number of anilines is 4.